The lowest BCUT2D eigenvalue weighted by Crippen LogP contribution is -1.73. The van der Waals surface area contributed by atoms with Gasteiger partial charge in [0.15, 0.2) is 0 Å². The van der Waals surface area contributed by atoms with Gasteiger partial charge in [-0.25, -0.2) is 0 Å². The van der Waals surface area contributed by atoms with Gasteiger partial charge in [-0.15, -0.1) is 11.6 Å². The zero-order chi connectivity index (χ0) is 9.26. The summed E-state index contributed by atoms with van der Waals surface area (Å²) >= 11 is 5.53. The molecule has 0 spiro atoms. The predicted octanol–water partition coefficient (Wildman–Crippen LogP) is 3.66. The van der Waals surface area contributed by atoms with Crippen LogP contribution in [0.2, 0.25) is 0 Å². The summed E-state index contributed by atoms with van der Waals surface area (Å²) in [6.45, 7) is 2.25. The molecule has 0 N–H and O–H groups in total. The molecule has 0 amide bonds. The van der Waals surface area contributed by atoms with Crippen molar-refractivity contribution in [3.05, 3.63) is 29.7 Å². The monoisotopic (exact) mass is 196 g/mol. The molecule has 2 unspecified atom stereocenters. The maximum Gasteiger partial charge on any atom is 0.126 e. The first-order valence-corrected chi connectivity index (χ1v) is 5.17. The quantitative estimate of drug-likeness (QED) is 0.673. The fraction of sp³-hybridized carbons (Fsp3) is 0.455. The number of allylic oxidation sites excluding steroid dienone is 1. The SMILES string of the molecule is CC1CC1c1ccc(C=CCCl)o1. The minimum Gasteiger partial charge on any atom is -0.461 e. The highest BCUT2D eigenvalue weighted by molar-refractivity contribution is 6.19. The normalized spacial score (nSPS) is 26.9. The van der Waals surface area contributed by atoms with Crippen molar-refractivity contribution in [2.75, 3.05) is 5.88 Å². The summed E-state index contributed by atoms with van der Waals surface area (Å²) in [4.78, 5) is 0. The zero-order valence-corrected chi connectivity index (χ0v) is 8.42. The molecule has 0 bridgehead atoms. The van der Waals surface area contributed by atoms with Crippen molar-refractivity contribution in [3.8, 4) is 0 Å². The third-order valence-electron chi connectivity index (χ3n) is 2.49. The molecule has 1 aliphatic carbocycles. The van der Waals surface area contributed by atoms with Crippen LogP contribution < -0.4 is 0 Å². The fourth-order valence-electron chi connectivity index (χ4n) is 1.54. The van der Waals surface area contributed by atoms with Crippen LogP contribution >= 0.6 is 11.6 Å². The Morgan fingerprint density at radius 2 is 2.38 bits per heavy atom. The van der Waals surface area contributed by atoms with Crippen LogP contribution in [0.15, 0.2) is 22.6 Å². The second-order valence-corrected chi connectivity index (χ2v) is 3.92. The van der Waals surface area contributed by atoms with Crippen molar-refractivity contribution in [3.63, 3.8) is 0 Å². The van der Waals surface area contributed by atoms with Crippen molar-refractivity contribution in [1.29, 1.82) is 0 Å². The van der Waals surface area contributed by atoms with Gasteiger partial charge in [-0.05, 0) is 30.5 Å². The second kappa shape index (κ2) is 3.59. The van der Waals surface area contributed by atoms with Crippen LogP contribution in [0.4, 0.5) is 0 Å². The van der Waals surface area contributed by atoms with E-state index in [4.69, 9.17) is 16.0 Å². The van der Waals surface area contributed by atoms with Crippen molar-refractivity contribution in [2.24, 2.45) is 5.92 Å². The average molecular weight is 197 g/mol. The standard InChI is InChI=1S/C11H13ClO/c1-8-7-10(8)11-5-4-9(13-11)3-2-6-12/h2-5,8,10H,6-7H2,1H3. The summed E-state index contributed by atoms with van der Waals surface area (Å²) in [6, 6.07) is 4.07. The highest BCUT2D eigenvalue weighted by Crippen LogP contribution is 2.47. The Balaban J connectivity index is 2.05. The van der Waals surface area contributed by atoms with E-state index in [0.29, 0.717) is 11.8 Å². The molecule has 2 atom stereocenters. The lowest BCUT2D eigenvalue weighted by atomic mass is 10.3. The van der Waals surface area contributed by atoms with Gasteiger partial charge in [-0.1, -0.05) is 13.0 Å². The minimum atomic E-state index is 0.538. The van der Waals surface area contributed by atoms with Gasteiger partial charge in [0.05, 0.1) is 0 Å². The lowest BCUT2D eigenvalue weighted by Gasteiger charge is -1.89. The number of halogens is 1. The van der Waals surface area contributed by atoms with E-state index < -0.39 is 0 Å². The van der Waals surface area contributed by atoms with E-state index in [1.165, 1.54) is 6.42 Å². The number of furan rings is 1. The molecule has 1 aromatic rings. The van der Waals surface area contributed by atoms with Crippen LogP contribution in [0.5, 0.6) is 0 Å². The van der Waals surface area contributed by atoms with Gasteiger partial charge in [0.2, 0.25) is 0 Å². The smallest absolute Gasteiger partial charge is 0.126 e. The van der Waals surface area contributed by atoms with Gasteiger partial charge in [-0.2, -0.15) is 0 Å². The molecule has 1 aromatic heterocycles. The maximum absolute atomic E-state index is 5.63. The van der Waals surface area contributed by atoms with E-state index in [1.54, 1.807) is 0 Å². The van der Waals surface area contributed by atoms with Gasteiger partial charge in [0, 0.05) is 11.8 Å². The molecule has 1 heterocycles. The first-order chi connectivity index (χ1) is 6.31. The fourth-order valence-corrected chi connectivity index (χ4v) is 1.63. The first-order valence-electron chi connectivity index (χ1n) is 4.63. The van der Waals surface area contributed by atoms with Gasteiger partial charge in [0.25, 0.3) is 0 Å². The van der Waals surface area contributed by atoms with Crippen LogP contribution in [0.3, 0.4) is 0 Å². The van der Waals surface area contributed by atoms with E-state index in [1.807, 2.05) is 18.2 Å². The Kier molecular flexibility index (Phi) is 2.45. The summed E-state index contributed by atoms with van der Waals surface area (Å²) in [6.07, 6.45) is 5.08. The Morgan fingerprint density at radius 1 is 1.62 bits per heavy atom. The molecule has 0 aliphatic heterocycles. The largest absolute Gasteiger partial charge is 0.461 e. The molecule has 70 valence electrons. The number of alkyl halides is 1. The van der Waals surface area contributed by atoms with Crippen molar-refractivity contribution < 1.29 is 4.42 Å². The third kappa shape index (κ3) is 1.97. The van der Waals surface area contributed by atoms with Crippen molar-refractivity contribution in [2.45, 2.75) is 19.3 Å². The molecular formula is C11H13ClO. The van der Waals surface area contributed by atoms with Crippen LogP contribution in [-0.2, 0) is 0 Å². The van der Waals surface area contributed by atoms with Crippen LogP contribution in [0, 0.1) is 5.92 Å². The van der Waals surface area contributed by atoms with Gasteiger partial charge in [-0.3, -0.25) is 0 Å². The summed E-state index contributed by atoms with van der Waals surface area (Å²) < 4.78 is 5.63. The Morgan fingerprint density at radius 3 is 3.00 bits per heavy atom. The number of hydrogen-bond donors (Lipinski definition) is 0. The van der Waals surface area contributed by atoms with E-state index in [9.17, 15) is 0 Å². The van der Waals surface area contributed by atoms with Crippen LogP contribution in [0.1, 0.15) is 30.8 Å². The molecule has 1 fully saturated rings. The molecule has 13 heavy (non-hydrogen) atoms. The molecule has 0 radical (unpaired) electrons. The van der Waals surface area contributed by atoms with E-state index in [2.05, 4.69) is 13.0 Å². The van der Waals surface area contributed by atoms with E-state index in [-0.39, 0.29) is 0 Å². The summed E-state index contributed by atoms with van der Waals surface area (Å²) in [5.41, 5.74) is 0. The molecule has 2 rings (SSSR count). The average Bonchev–Trinajstić information content (AvgIpc) is 2.67. The lowest BCUT2D eigenvalue weighted by molar-refractivity contribution is 0.498. The summed E-state index contributed by atoms with van der Waals surface area (Å²) in [5, 5.41) is 0. The predicted molar refractivity (Wildman–Crippen MR) is 55.0 cm³/mol. The van der Waals surface area contributed by atoms with E-state index >= 15 is 0 Å². The summed E-state index contributed by atoms with van der Waals surface area (Å²) in [5.74, 6) is 4.04. The molecular weight excluding hydrogens is 184 g/mol. The molecule has 1 nitrogen and oxygen atoms in total. The van der Waals surface area contributed by atoms with Gasteiger partial charge >= 0.3 is 0 Å². The Hall–Kier alpha value is -0.690. The molecule has 2 heteroatoms. The van der Waals surface area contributed by atoms with Gasteiger partial charge < -0.3 is 4.42 Å². The minimum absolute atomic E-state index is 0.538. The topological polar surface area (TPSA) is 13.1 Å². The van der Waals surface area contributed by atoms with Gasteiger partial charge in [0.1, 0.15) is 11.5 Å². The van der Waals surface area contributed by atoms with Crippen molar-refractivity contribution >= 4 is 17.7 Å². The maximum atomic E-state index is 5.63. The number of hydrogen-bond acceptors (Lipinski definition) is 1. The zero-order valence-electron chi connectivity index (χ0n) is 7.66. The molecule has 1 saturated carbocycles. The van der Waals surface area contributed by atoms with Crippen LogP contribution in [0.25, 0.3) is 6.08 Å². The number of rotatable bonds is 3. The Bertz CT molecular complexity index is 314. The van der Waals surface area contributed by atoms with E-state index in [0.717, 1.165) is 17.4 Å². The highest BCUT2D eigenvalue weighted by Gasteiger charge is 2.36. The molecule has 0 aromatic carbocycles. The molecule has 0 saturated heterocycles. The van der Waals surface area contributed by atoms with Crippen molar-refractivity contribution in [1.82, 2.24) is 0 Å². The molecule has 1 aliphatic rings. The second-order valence-electron chi connectivity index (χ2n) is 3.62. The Labute approximate surface area is 83.4 Å². The highest BCUT2D eigenvalue weighted by atomic mass is 35.5. The van der Waals surface area contributed by atoms with Crippen LogP contribution in [-0.4, -0.2) is 5.88 Å². The third-order valence-corrected chi connectivity index (χ3v) is 2.67. The first kappa shape index (κ1) is 8.89. The summed E-state index contributed by atoms with van der Waals surface area (Å²) in [7, 11) is 0.